The van der Waals surface area contributed by atoms with Gasteiger partial charge in [-0.2, -0.15) is 5.10 Å². The third-order valence-electron chi connectivity index (χ3n) is 2.46. The molecule has 0 bridgehead atoms. The standard InChI is InChI=1S/C9H10ClN5O4S2/c10-9-6(15(16)17)4-8(20-9)21(18,19)13-3-1-2-7-11-5-12-14-7/h4-5,13H,1-3H2,(H,11,12,14). The van der Waals surface area contributed by atoms with Crippen molar-refractivity contribution in [3.63, 3.8) is 0 Å². The smallest absolute Gasteiger partial charge is 0.263 e. The number of aromatic amines is 1. The van der Waals surface area contributed by atoms with Gasteiger partial charge in [-0.05, 0) is 6.42 Å². The second-order valence-electron chi connectivity index (χ2n) is 3.91. The number of H-pyrrole nitrogens is 1. The highest BCUT2D eigenvalue weighted by molar-refractivity contribution is 7.91. The van der Waals surface area contributed by atoms with Crippen LogP contribution in [0.25, 0.3) is 0 Å². The van der Waals surface area contributed by atoms with Crippen LogP contribution < -0.4 is 4.72 Å². The average molecular weight is 352 g/mol. The summed E-state index contributed by atoms with van der Waals surface area (Å²) in [5, 5.41) is 17.0. The molecular formula is C9H10ClN5O4S2. The molecule has 0 amide bonds. The minimum atomic E-state index is -3.80. The number of hydrogen-bond donors (Lipinski definition) is 2. The minimum Gasteiger partial charge on any atom is -0.263 e. The number of halogens is 1. The lowest BCUT2D eigenvalue weighted by Crippen LogP contribution is -2.24. The Morgan fingerprint density at radius 3 is 2.86 bits per heavy atom. The number of hydrogen-bond acceptors (Lipinski definition) is 7. The van der Waals surface area contributed by atoms with Gasteiger partial charge in [0, 0.05) is 19.0 Å². The van der Waals surface area contributed by atoms with Crippen molar-refractivity contribution in [3.8, 4) is 0 Å². The lowest BCUT2D eigenvalue weighted by atomic mass is 10.3. The molecule has 0 saturated heterocycles. The van der Waals surface area contributed by atoms with Crippen molar-refractivity contribution in [2.45, 2.75) is 17.1 Å². The Morgan fingerprint density at radius 1 is 1.52 bits per heavy atom. The molecule has 12 heteroatoms. The predicted molar refractivity (Wildman–Crippen MR) is 75.9 cm³/mol. The molecule has 0 atom stereocenters. The third-order valence-corrected chi connectivity index (χ3v) is 5.73. The van der Waals surface area contributed by atoms with E-state index in [-0.39, 0.29) is 15.1 Å². The number of nitrogens with zero attached hydrogens (tertiary/aromatic N) is 3. The zero-order valence-electron chi connectivity index (χ0n) is 10.4. The average Bonchev–Trinajstić information content (AvgIpc) is 3.04. The topological polar surface area (TPSA) is 131 Å². The lowest BCUT2D eigenvalue weighted by molar-refractivity contribution is -0.384. The van der Waals surface area contributed by atoms with Gasteiger partial charge < -0.3 is 0 Å². The van der Waals surface area contributed by atoms with E-state index in [1.165, 1.54) is 6.33 Å². The maximum Gasteiger partial charge on any atom is 0.300 e. The summed E-state index contributed by atoms with van der Waals surface area (Å²) in [4.78, 5) is 13.8. The Labute approximate surface area is 128 Å². The largest absolute Gasteiger partial charge is 0.300 e. The van der Waals surface area contributed by atoms with E-state index in [1.54, 1.807) is 0 Å². The van der Waals surface area contributed by atoms with E-state index in [2.05, 4.69) is 19.9 Å². The molecule has 2 aromatic heterocycles. The number of nitro groups is 1. The van der Waals surface area contributed by atoms with Crippen LogP contribution in [-0.2, 0) is 16.4 Å². The van der Waals surface area contributed by atoms with Crippen LogP contribution in [-0.4, -0.2) is 35.1 Å². The molecule has 9 nitrogen and oxygen atoms in total. The summed E-state index contributed by atoms with van der Waals surface area (Å²) in [7, 11) is -3.80. The van der Waals surface area contributed by atoms with Gasteiger partial charge in [-0.3, -0.25) is 15.2 Å². The van der Waals surface area contributed by atoms with Crippen LogP contribution in [0.5, 0.6) is 0 Å². The highest BCUT2D eigenvalue weighted by Gasteiger charge is 2.24. The van der Waals surface area contributed by atoms with Gasteiger partial charge in [0.2, 0.25) is 10.0 Å². The Kier molecular flexibility index (Phi) is 4.88. The van der Waals surface area contributed by atoms with Crippen LogP contribution in [0.1, 0.15) is 12.2 Å². The monoisotopic (exact) mass is 351 g/mol. The van der Waals surface area contributed by atoms with Crippen LogP contribution >= 0.6 is 22.9 Å². The van der Waals surface area contributed by atoms with E-state index in [0.717, 1.165) is 6.07 Å². The fourth-order valence-corrected chi connectivity index (χ4v) is 4.26. The molecule has 0 radical (unpaired) electrons. The van der Waals surface area contributed by atoms with E-state index in [1.807, 2.05) is 0 Å². The predicted octanol–water partition coefficient (Wildman–Crippen LogP) is 1.34. The van der Waals surface area contributed by atoms with Gasteiger partial charge >= 0.3 is 0 Å². The van der Waals surface area contributed by atoms with Crippen LogP contribution in [0, 0.1) is 10.1 Å². The van der Waals surface area contributed by atoms with Crippen LogP contribution in [0.15, 0.2) is 16.6 Å². The molecule has 2 rings (SSSR count). The van der Waals surface area contributed by atoms with E-state index in [0.29, 0.717) is 30.0 Å². The van der Waals surface area contributed by atoms with E-state index in [9.17, 15) is 18.5 Å². The summed E-state index contributed by atoms with van der Waals surface area (Å²) in [6, 6.07) is 0.950. The first kappa shape index (κ1) is 15.8. The van der Waals surface area contributed by atoms with Crippen molar-refractivity contribution in [1.29, 1.82) is 0 Å². The van der Waals surface area contributed by atoms with Crippen molar-refractivity contribution < 1.29 is 13.3 Å². The quantitative estimate of drug-likeness (QED) is 0.439. The number of aryl methyl sites for hydroxylation is 1. The van der Waals surface area contributed by atoms with Gasteiger partial charge in [-0.15, -0.1) is 11.3 Å². The minimum absolute atomic E-state index is 0.165. The second kappa shape index (κ2) is 6.47. The Hall–Kier alpha value is -1.56. The number of thiophene rings is 1. The van der Waals surface area contributed by atoms with E-state index in [4.69, 9.17) is 11.6 Å². The molecule has 0 fully saturated rings. The van der Waals surface area contributed by atoms with E-state index < -0.39 is 20.6 Å². The van der Waals surface area contributed by atoms with E-state index >= 15 is 0 Å². The zero-order valence-corrected chi connectivity index (χ0v) is 12.8. The molecule has 114 valence electrons. The molecule has 0 aromatic carbocycles. The number of aromatic nitrogens is 3. The molecule has 21 heavy (non-hydrogen) atoms. The Balaban J connectivity index is 1.95. The molecule has 2 heterocycles. The lowest BCUT2D eigenvalue weighted by Gasteiger charge is -2.03. The normalized spacial score (nSPS) is 11.7. The second-order valence-corrected chi connectivity index (χ2v) is 7.56. The fraction of sp³-hybridized carbons (Fsp3) is 0.333. The zero-order chi connectivity index (χ0) is 15.5. The summed E-state index contributed by atoms with van der Waals surface area (Å²) >= 11 is 6.29. The summed E-state index contributed by atoms with van der Waals surface area (Å²) in [6.45, 7) is 0.173. The summed E-state index contributed by atoms with van der Waals surface area (Å²) in [5.74, 6) is 0.656. The highest BCUT2D eigenvalue weighted by Crippen LogP contribution is 2.35. The molecule has 0 aliphatic rings. The number of nitrogens with one attached hydrogen (secondary N) is 2. The molecular weight excluding hydrogens is 342 g/mol. The Morgan fingerprint density at radius 2 is 2.29 bits per heavy atom. The number of rotatable bonds is 7. The maximum atomic E-state index is 12.0. The van der Waals surface area contributed by atoms with Gasteiger partial charge in [0.25, 0.3) is 5.69 Å². The van der Waals surface area contributed by atoms with Gasteiger partial charge in [0.15, 0.2) is 4.34 Å². The number of sulfonamides is 1. The molecule has 0 spiro atoms. The summed E-state index contributed by atoms with van der Waals surface area (Å²) in [5.41, 5.74) is -0.413. The molecule has 2 aromatic rings. The van der Waals surface area contributed by atoms with Crippen molar-refractivity contribution in [3.05, 3.63) is 32.7 Å². The molecule has 0 saturated carbocycles. The molecule has 0 unspecified atom stereocenters. The summed E-state index contributed by atoms with van der Waals surface area (Å²) < 4.78 is 25.9. The highest BCUT2D eigenvalue weighted by atomic mass is 35.5. The van der Waals surface area contributed by atoms with Crippen molar-refractivity contribution >= 4 is 38.6 Å². The van der Waals surface area contributed by atoms with Gasteiger partial charge in [-0.25, -0.2) is 18.1 Å². The summed E-state index contributed by atoms with van der Waals surface area (Å²) in [6.07, 6.45) is 2.41. The molecule has 0 aliphatic heterocycles. The molecule has 0 aliphatic carbocycles. The molecule has 2 N–H and O–H groups in total. The van der Waals surface area contributed by atoms with Gasteiger partial charge in [0.1, 0.15) is 16.4 Å². The SMILES string of the molecule is O=[N+]([O-])c1cc(S(=O)(=O)NCCCc2ncn[nH]2)sc1Cl. The first-order valence-electron chi connectivity index (χ1n) is 5.68. The maximum absolute atomic E-state index is 12.0. The van der Waals surface area contributed by atoms with Gasteiger partial charge in [-0.1, -0.05) is 11.6 Å². The van der Waals surface area contributed by atoms with Crippen LogP contribution in [0.2, 0.25) is 4.34 Å². The van der Waals surface area contributed by atoms with Gasteiger partial charge in [0.05, 0.1) is 4.92 Å². The Bertz CT molecular complexity index is 727. The van der Waals surface area contributed by atoms with Crippen molar-refractivity contribution in [1.82, 2.24) is 19.9 Å². The van der Waals surface area contributed by atoms with Crippen LogP contribution in [0.4, 0.5) is 5.69 Å². The third kappa shape index (κ3) is 3.97. The van der Waals surface area contributed by atoms with Crippen LogP contribution in [0.3, 0.4) is 0 Å². The first-order valence-corrected chi connectivity index (χ1v) is 8.35. The van der Waals surface area contributed by atoms with Crippen molar-refractivity contribution in [2.75, 3.05) is 6.54 Å². The first-order chi connectivity index (χ1) is 9.90. The van der Waals surface area contributed by atoms with Crippen molar-refractivity contribution in [2.24, 2.45) is 0 Å². The fourth-order valence-electron chi connectivity index (χ4n) is 1.48.